The number of esters is 1. The Bertz CT molecular complexity index is 1060. The van der Waals surface area contributed by atoms with Crippen molar-refractivity contribution < 1.29 is 19.1 Å². The van der Waals surface area contributed by atoms with Crippen molar-refractivity contribution in [2.45, 2.75) is 42.9 Å². The van der Waals surface area contributed by atoms with E-state index in [0.29, 0.717) is 22.7 Å². The number of hydrogen-bond acceptors (Lipinski definition) is 7. The van der Waals surface area contributed by atoms with Gasteiger partial charge in [0.25, 0.3) is 0 Å². The molecule has 0 bridgehead atoms. The first kappa shape index (κ1) is 19.9. The molecule has 7 nitrogen and oxygen atoms in total. The molecule has 0 radical (unpaired) electrons. The van der Waals surface area contributed by atoms with Gasteiger partial charge in [0.15, 0.2) is 0 Å². The molecule has 2 aromatic rings. The van der Waals surface area contributed by atoms with Crippen molar-refractivity contribution in [3.63, 3.8) is 0 Å². The minimum absolute atomic E-state index is 0.173. The van der Waals surface area contributed by atoms with Crippen LogP contribution in [0.5, 0.6) is 0 Å². The summed E-state index contributed by atoms with van der Waals surface area (Å²) in [6.07, 6.45) is 0.629. The van der Waals surface area contributed by atoms with Gasteiger partial charge in [0.1, 0.15) is 5.25 Å². The average Bonchev–Trinajstić information content (AvgIpc) is 3.20. The van der Waals surface area contributed by atoms with Crippen molar-refractivity contribution in [2.24, 2.45) is 5.92 Å². The van der Waals surface area contributed by atoms with Gasteiger partial charge in [0.2, 0.25) is 11.8 Å². The lowest BCUT2D eigenvalue weighted by Crippen LogP contribution is -2.43. The maximum Gasteiger partial charge on any atom is 0.338 e. The fourth-order valence-corrected chi connectivity index (χ4v) is 6.83. The summed E-state index contributed by atoms with van der Waals surface area (Å²) in [5.41, 5.74) is 0.194. The summed E-state index contributed by atoms with van der Waals surface area (Å²) in [6.45, 7) is 5.91. The van der Waals surface area contributed by atoms with Crippen LogP contribution in [0.3, 0.4) is 0 Å². The van der Waals surface area contributed by atoms with Crippen LogP contribution in [0.1, 0.15) is 42.4 Å². The number of aromatic nitrogens is 1. The van der Waals surface area contributed by atoms with E-state index >= 15 is 0 Å². The third-order valence-electron chi connectivity index (χ3n) is 5.69. The number of anilines is 1. The number of amides is 2. The number of carbonyl (C=O) groups is 3. The van der Waals surface area contributed by atoms with E-state index in [1.807, 2.05) is 13.8 Å². The molecule has 0 aliphatic carbocycles. The zero-order chi connectivity index (χ0) is 20.9. The summed E-state index contributed by atoms with van der Waals surface area (Å²) in [5, 5.41) is 0.0983. The molecule has 1 fully saturated rings. The molecule has 0 saturated carbocycles. The molecule has 29 heavy (non-hydrogen) atoms. The zero-order valence-electron chi connectivity index (χ0n) is 16.2. The number of fused-ring (bicyclic) bond motifs is 2. The van der Waals surface area contributed by atoms with E-state index < -0.39 is 22.6 Å². The Kier molecular flexibility index (Phi) is 4.90. The summed E-state index contributed by atoms with van der Waals surface area (Å²) < 4.78 is 4.97. The lowest BCUT2D eigenvalue weighted by molar-refractivity contribution is -0.123. The Morgan fingerprint density at radius 3 is 2.48 bits per heavy atom. The van der Waals surface area contributed by atoms with E-state index in [1.165, 1.54) is 16.7 Å². The summed E-state index contributed by atoms with van der Waals surface area (Å²) >= 11 is 2.38. The van der Waals surface area contributed by atoms with Gasteiger partial charge >= 0.3 is 10.8 Å². The number of imide groups is 1. The van der Waals surface area contributed by atoms with E-state index in [1.54, 1.807) is 31.2 Å². The van der Waals surface area contributed by atoms with Crippen LogP contribution in [-0.4, -0.2) is 34.6 Å². The molecule has 2 aliphatic heterocycles. The molecule has 9 heteroatoms. The molecule has 3 heterocycles. The van der Waals surface area contributed by atoms with Crippen molar-refractivity contribution in [3.8, 4) is 0 Å². The fourth-order valence-electron chi connectivity index (χ4n) is 4.01. The lowest BCUT2D eigenvalue weighted by atomic mass is 9.72. The Morgan fingerprint density at radius 1 is 1.17 bits per heavy atom. The number of hydrogen-bond donors (Lipinski definition) is 1. The van der Waals surface area contributed by atoms with Crippen LogP contribution in [-0.2, 0) is 19.7 Å². The number of thiazole rings is 1. The Labute approximate surface area is 175 Å². The van der Waals surface area contributed by atoms with Gasteiger partial charge < -0.3 is 9.72 Å². The highest BCUT2D eigenvalue weighted by molar-refractivity contribution is 8.00. The molecule has 1 saturated heterocycles. The quantitative estimate of drug-likeness (QED) is 0.589. The predicted molar refractivity (Wildman–Crippen MR) is 111 cm³/mol. The lowest BCUT2D eigenvalue weighted by Gasteiger charge is -2.38. The van der Waals surface area contributed by atoms with Gasteiger partial charge in [-0.1, -0.05) is 36.9 Å². The van der Waals surface area contributed by atoms with Gasteiger partial charge in [0, 0.05) is 10.3 Å². The Balaban J connectivity index is 1.71. The van der Waals surface area contributed by atoms with Crippen molar-refractivity contribution in [3.05, 3.63) is 44.4 Å². The number of carbonyl (C=O) groups excluding carboxylic acids is 3. The van der Waals surface area contributed by atoms with Crippen molar-refractivity contribution in [1.82, 2.24) is 4.98 Å². The maximum atomic E-state index is 13.4. The van der Waals surface area contributed by atoms with Gasteiger partial charge in [-0.15, -0.1) is 0 Å². The Morgan fingerprint density at radius 2 is 1.86 bits per heavy atom. The fraction of sp³-hybridized carbons (Fsp3) is 0.400. The molecule has 4 rings (SSSR count). The van der Waals surface area contributed by atoms with Gasteiger partial charge in [-0.3, -0.25) is 14.4 Å². The van der Waals surface area contributed by atoms with Gasteiger partial charge in [-0.2, -0.15) is 0 Å². The topological polar surface area (TPSA) is 96.5 Å². The molecule has 2 aliphatic rings. The highest BCUT2D eigenvalue weighted by Gasteiger charge is 2.60. The first-order valence-electron chi connectivity index (χ1n) is 9.37. The van der Waals surface area contributed by atoms with E-state index in [9.17, 15) is 19.2 Å². The molecule has 0 unspecified atom stereocenters. The Hall–Kier alpha value is -2.39. The largest absolute Gasteiger partial charge is 0.462 e. The summed E-state index contributed by atoms with van der Waals surface area (Å²) in [4.78, 5) is 55.0. The number of nitrogens with zero attached hydrogens (tertiary/aromatic N) is 1. The first-order chi connectivity index (χ1) is 13.8. The van der Waals surface area contributed by atoms with Crippen LogP contribution in [0.15, 0.2) is 34.1 Å². The molecular weight excluding hydrogens is 412 g/mol. The number of thioether (sulfide) groups is 1. The number of ether oxygens (including phenoxy) is 1. The third-order valence-corrected chi connectivity index (χ3v) is 8.25. The van der Waals surface area contributed by atoms with Crippen LogP contribution in [0.4, 0.5) is 5.69 Å². The standard InChI is InChI=1S/C20H20N2O5S2/c1-4-20(3)12-13(28-15-14(20)29-19(26)21-15)17(24)22(16(12)23)11-8-6-10(7-9-11)18(25)27-5-2/h6-9,12-13H,4-5H2,1-3H3,(H,21,26)/t12-,13-,20+/m0/s1. The normalized spacial score (nSPS) is 25.7. The van der Waals surface area contributed by atoms with E-state index in [-0.39, 0.29) is 23.3 Å². The SMILES string of the molecule is CCOC(=O)c1ccc(N2C(=O)[C@H]3Sc4[nH]c(=O)sc4[C@](C)(CC)[C@@H]3C2=O)cc1. The highest BCUT2D eigenvalue weighted by Crippen LogP contribution is 2.55. The van der Waals surface area contributed by atoms with Crippen LogP contribution in [0.25, 0.3) is 0 Å². The first-order valence-corrected chi connectivity index (χ1v) is 11.1. The predicted octanol–water partition coefficient (Wildman–Crippen LogP) is 2.94. The molecule has 0 spiro atoms. The maximum absolute atomic E-state index is 13.4. The summed E-state index contributed by atoms with van der Waals surface area (Å²) in [5.74, 6) is -1.57. The zero-order valence-corrected chi connectivity index (χ0v) is 17.8. The van der Waals surface area contributed by atoms with E-state index in [2.05, 4.69) is 4.98 Å². The number of H-pyrrole nitrogens is 1. The number of rotatable bonds is 4. The second-order valence-corrected chi connectivity index (χ2v) is 9.37. The second kappa shape index (κ2) is 7.14. The minimum atomic E-state index is -0.596. The van der Waals surface area contributed by atoms with Crippen molar-refractivity contribution >= 4 is 46.6 Å². The third kappa shape index (κ3) is 2.95. The van der Waals surface area contributed by atoms with Crippen LogP contribution >= 0.6 is 23.1 Å². The number of nitrogens with one attached hydrogen (secondary N) is 1. The van der Waals surface area contributed by atoms with Gasteiger partial charge in [-0.05, 0) is 37.6 Å². The van der Waals surface area contributed by atoms with Crippen molar-refractivity contribution in [2.75, 3.05) is 11.5 Å². The average molecular weight is 433 g/mol. The highest BCUT2D eigenvalue weighted by atomic mass is 32.2. The summed E-state index contributed by atoms with van der Waals surface area (Å²) in [7, 11) is 0. The van der Waals surface area contributed by atoms with Gasteiger partial charge in [0.05, 0.1) is 28.8 Å². The molecular formula is C20H20N2O5S2. The molecule has 3 atom stereocenters. The number of benzene rings is 1. The molecule has 152 valence electrons. The second-order valence-electron chi connectivity index (χ2n) is 7.24. The molecule has 1 aromatic heterocycles. The minimum Gasteiger partial charge on any atom is -0.462 e. The van der Waals surface area contributed by atoms with Crippen LogP contribution < -0.4 is 9.77 Å². The van der Waals surface area contributed by atoms with Crippen LogP contribution in [0.2, 0.25) is 0 Å². The molecule has 1 aromatic carbocycles. The molecule has 2 amide bonds. The number of aromatic amines is 1. The monoisotopic (exact) mass is 432 g/mol. The van der Waals surface area contributed by atoms with E-state index in [4.69, 9.17) is 4.74 Å². The summed E-state index contributed by atoms with van der Waals surface area (Å²) in [6, 6.07) is 6.28. The van der Waals surface area contributed by atoms with Crippen LogP contribution in [0, 0.1) is 5.92 Å². The smallest absolute Gasteiger partial charge is 0.338 e. The molecule has 1 N–H and O–H groups in total. The van der Waals surface area contributed by atoms with Gasteiger partial charge in [-0.25, -0.2) is 9.69 Å². The van der Waals surface area contributed by atoms with E-state index in [0.717, 1.165) is 16.2 Å². The van der Waals surface area contributed by atoms with Crippen molar-refractivity contribution in [1.29, 1.82) is 0 Å².